The van der Waals surface area contributed by atoms with Gasteiger partial charge in [-0.25, -0.2) is 0 Å². The second-order valence-corrected chi connectivity index (χ2v) is 6.05. The second-order valence-electron chi connectivity index (χ2n) is 4.59. The van der Waals surface area contributed by atoms with Crippen molar-refractivity contribution in [1.82, 2.24) is 10.1 Å². The van der Waals surface area contributed by atoms with E-state index < -0.39 is 0 Å². The Kier molecular flexibility index (Phi) is 4.71. The molecule has 1 heterocycles. The van der Waals surface area contributed by atoms with Gasteiger partial charge in [0.1, 0.15) is 5.75 Å². The highest BCUT2D eigenvalue weighted by Crippen LogP contribution is 2.30. The minimum atomic E-state index is 0.0782. The molecule has 0 amide bonds. The van der Waals surface area contributed by atoms with Gasteiger partial charge in [-0.2, -0.15) is 16.7 Å². The molecule has 19 heavy (non-hydrogen) atoms. The van der Waals surface area contributed by atoms with Crippen molar-refractivity contribution in [2.24, 2.45) is 5.92 Å². The Labute approximate surface area is 121 Å². The van der Waals surface area contributed by atoms with E-state index in [1.54, 1.807) is 23.9 Å². The first kappa shape index (κ1) is 14.2. The highest BCUT2D eigenvalue weighted by atomic mass is 35.5. The van der Waals surface area contributed by atoms with Crippen molar-refractivity contribution in [3.63, 3.8) is 0 Å². The number of hydrogen-bond acceptors (Lipinski definition) is 5. The molecule has 4 nitrogen and oxygen atoms in total. The molecule has 1 aromatic carbocycles. The van der Waals surface area contributed by atoms with Crippen molar-refractivity contribution >= 4 is 23.4 Å². The monoisotopic (exact) mass is 298 g/mol. The number of aromatic nitrogens is 2. The molecule has 6 heteroatoms. The summed E-state index contributed by atoms with van der Waals surface area (Å²) in [6.45, 7) is 4.33. The van der Waals surface area contributed by atoms with Gasteiger partial charge in [-0.05, 0) is 29.9 Å². The summed E-state index contributed by atoms with van der Waals surface area (Å²) >= 11 is 7.64. The van der Waals surface area contributed by atoms with Crippen molar-refractivity contribution in [3.8, 4) is 17.2 Å². The summed E-state index contributed by atoms with van der Waals surface area (Å²) in [6, 6.07) is 4.72. The summed E-state index contributed by atoms with van der Waals surface area (Å²) in [5, 5.41) is 14.2. The van der Waals surface area contributed by atoms with Crippen LogP contribution in [0.2, 0.25) is 5.02 Å². The average molecular weight is 299 g/mol. The first-order chi connectivity index (χ1) is 9.06. The zero-order valence-electron chi connectivity index (χ0n) is 10.8. The number of rotatable bonds is 5. The normalized spacial score (nSPS) is 11.2. The number of phenolic OH excluding ortho intramolecular Hbond substituents is 1. The lowest BCUT2D eigenvalue weighted by Gasteiger charge is -2.00. The molecule has 0 unspecified atom stereocenters. The lowest BCUT2D eigenvalue weighted by molar-refractivity contribution is 0.419. The van der Waals surface area contributed by atoms with Crippen LogP contribution in [0.25, 0.3) is 11.5 Å². The number of aromatic hydroxyl groups is 1. The maximum Gasteiger partial charge on any atom is 0.261 e. The number of thioether (sulfide) groups is 1. The lowest BCUT2D eigenvalue weighted by atomic mass is 10.2. The van der Waals surface area contributed by atoms with Crippen molar-refractivity contribution in [2.75, 3.05) is 5.75 Å². The lowest BCUT2D eigenvalue weighted by Crippen LogP contribution is -1.92. The van der Waals surface area contributed by atoms with Crippen LogP contribution in [0.15, 0.2) is 22.7 Å². The molecule has 0 atom stereocenters. The molecule has 0 aliphatic heterocycles. The number of halogens is 1. The van der Waals surface area contributed by atoms with Crippen molar-refractivity contribution in [2.45, 2.75) is 19.6 Å². The SMILES string of the molecule is CC(C)CSCc1noc(-c2cc(Cl)ccc2O)n1. The summed E-state index contributed by atoms with van der Waals surface area (Å²) in [5.74, 6) is 3.37. The molecule has 0 bridgehead atoms. The molecule has 1 aromatic heterocycles. The third-order valence-electron chi connectivity index (χ3n) is 2.34. The van der Waals surface area contributed by atoms with E-state index in [0.29, 0.717) is 34.0 Å². The van der Waals surface area contributed by atoms with Crippen LogP contribution in [0, 0.1) is 5.92 Å². The summed E-state index contributed by atoms with van der Waals surface area (Å²) in [5.41, 5.74) is 0.458. The highest BCUT2D eigenvalue weighted by molar-refractivity contribution is 7.98. The molecular weight excluding hydrogens is 284 g/mol. The zero-order valence-corrected chi connectivity index (χ0v) is 12.3. The van der Waals surface area contributed by atoms with Crippen LogP contribution in [0.3, 0.4) is 0 Å². The Morgan fingerprint density at radius 1 is 1.42 bits per heavy atom. The van der Waals surface area contributed by atoms with Gasteiger partial charge in [-0.1, -0.05) is 30.6 Å². The first-order valence-electron chi connectivity index (χ1n) is 5.95. The Hall–Kier alpha value is -1.20. The van der Waals surface area contributed by atoms with Gasteiger partial charge in [0.05, 0.1) is 11.3 Å². The molecule has 0 radical (unpaired) electrons. The van der Waals surface area contributed by atoms with Gasteiger partial charge in [-0.3, -0.25) is 0 Å². The van der Waals surface area contributed by atoms with E-state index in [2.05, 4.69) is 24.0 Å². The molecule has 0 spiro atoms. The van der Waals surface area contributed by atoms with Gasteiger partial charge in [0.15, 0.2) is 5.82 Å². The predicted molar refractivity (Wildman–Crippen MR) is 77.4 cm³/mol. The third kappa shape index (κ3) is 3.88. The van der Waals surface area contributed by atoms with Crippen LogP contribution in [0.4, 0.5) is 0 Å². The van der Waals surface area contributed by atoms with E-state index in [0.717, 1.165) is 5.75 Å². The molecule has 0 aliphatic rings. The topological polar surface area (TPSA) is 59.2 Å². The maximum absolute atomic E-state index is 9.75. The van der Waals surface area contributed by atoms with Gasteiger partial charge in [0.2, 0.25) is 0 Å². The van der Waals surface area contributed by atoms with E-state index >= 15 is 0 Å². The van der Waals surface area contributed by atoms with Crippen LogP contribution in [0.1, 0.15) is 19.7 Å². The van der Waals surface area contributed by atoms with E-state index in [4.69, 9.17) is 16.1 Å². The summed E-state index contributed by atoms with van der Waals surface area (Å²) in [4.78, 5) is 4.26. The summed E-state index contributed by atoms with van der Waals surface area (Å²) < 4.78 is 5.15. The molecule has 0 saturated carbocycles. The minimum absolute atomic E-state index is 0.0782. The molecule has 0 aliphatic carbocycles. The standard InChI is InChI=1S/C13H15ClN2O2S/c1-8(2)6-19-7-12-15-13(18-16-12)10-5-9(14)3-4-11(10)17/h3-5,8,17H,6-7H2,1-2H3. The van der Waals surface area contributed by atoms with E-state index in [-0.39, 0.29) is 5.75 Å². The van der Waals surface area contributed by atoms with Crippen LogP contribution in [0.5, 0.6) is 5.75 Å². The molecule has 102 valence electrons. The van der Waals surface area contributed by atoms with Gasteiger partial charge in [-0.15, -0.1) is 0 Å². The largest absolute Gasteiger partial charge is 0.507 e. The Balaban J connectivity index is 2.10. The zero-order chi connectivity index (χ0) is 13.8. The maximum atomic E-state index is 9.75. The second kappa shape index (κ2) is 6.30. The number of phenols is 1. The molecule has 1 N–H and O–H groups in total. The van der Waals surface area contributed by atoms with Crippen LogP contribution in [-0.2, 0) is 5.75 Å². The number of nitrogens with zero attached hydrogens (tertiary/aromatic N) is 2. The molecule has 0 fully saturated rings. The van der Waals surface area contributed by atoms with E-state index in [9.17, 15) is 5.11 Å². The molecule has 2 rings (SSSR count). The summed E-state index contributed by atoms with van der Waals surface area (Å²) in [7, 11) is 0. The van der Waals surface area contributed by atoms with Gasteiger partial charge < -0.3 is 9.63 Å². The average Bonchev–Trinajstić information content (AvgIpc) is 2.80. The summed E-state index contributed by atoms with van der Waals surface area (Å²) in [6.07, 6.45) is 0. The quantitative estimate of drug-likeness (QED) is 0.904. The first-order valence-corrected chi connectivity index (χ1v) is 7.48. The fourth-order valence-electron chi connectivity index (χ4n) is 1.49. The Bertz CT molecular complexity index is 557. The predicted octanol–water partition coefficient (Wildman–Crippen LogP) is 3.98. The smallest absolute Gasteiger partial charge is 0.261 e. The Morgan fingerprint density at radius 2 is 2.21 bits per heavy atom. The van der Waals surface area contributed by atoms with E-state index in [1.807, 2.05) is 0 Å². The third-order valence-corrected chi connectivity index (χ3v) is 3.94. The van der Waals surface area contributed by atoms with Gasteiger partial charge in [0, 0.05) is 5.02 Å². The molecule has 2 aromatic rings. The fraction of sp³-hybridized carbons (Fsp3) is 0.385. The van der Waals surface area contributed by atoms with Crippen LogP contribution in [-0.4, -0.2) is 21.0 Å². The number of hydrogen-bond donors (Lipinski definition) is 1. The molecule has 0 saturated heterocycles. The van der Waals surface area contributed by atoms with Crippen LogP contribution >= 0.6 is 23.4 Å². The Morgan fingerprint density at radius 3 is 2.95 bits per heavy atom. The van der Waals surface area contributed by atoms with Crippen molar-refractivity contribution < 1.29 is 9.63 Å². The van der Waals surface area contributed by atoms with Gasteiger partial charge >= 0.3 is 0 Å². The van der Waals surface area contributed by atoms with Crippen molar-refractivity contribution in [1.29, 1.82) is 0 Å². The minimum Gasteiger partial charge on any atom is -0.507 e. The van der Waals surface area contributed by atoms with Gasteiger partial charge in [0.25, 0.3) is 5.89 Å². The number of benzene rings is 1. The fourth-order valence-corrected chi connectivity index (χ4v) is 2.55. The molecular formula is C13H15ClN2O2S. The highest BCUT2D eigenvalue weighted by Gasteiger charge is 2.13. The van der Waals surface area contributed by atoms with Crippen LogP contribution < -0.4 is 0 Å². The van der Waals surface area contributed by atoms with E-state index in [1.165, 1.54) is 6.07 Å². The van der Waals surface area contributed by atoms with Crippen molar-refractivity contribution in [3.05, 3.63) is 29.0 Å².